The van der Waals surface area contributed by atoms with Crippen molar-refractivity contribution in [1.82, 2.24) is 5.32 Å². The minimum Gasteiger partial charge on any atom is -0.487 e. The van der Waals surface area contributed by atoms with Gasteiger partial charge in [-0.25, -0.2) is 0 Å². The van der Waals surface area contributed by atoms with Crippen molar-refractivity contribution in [1.29, 1.82) is 0 Å². The topological polar surface area (TPSA) is 30.5 Å². The van der Waals surface area contributed by atoms with E-state index in [1.807, 2.05) is 6.92 Å². The molecule has 0 heterocycles. The van der Waals surface area contributed by atoms with E-state index in [9.17, 15) is 0 Å². The van der Waals surface area contributed by atoms with Gasteiger partial charge in [-0.15, -0.1) is 0 Å². The van der Waals surface area contributed by atoms with Gasteiger partial charge in [-0.3, -0.25) is 0 Å². The molecule has 19 heavy (non-hydrogen) atoms. The van der Waals surface area contributed by atoms with Crippen molar-refractivity contribution < 1.29 is 9.47 Å². The van der Waals surface area contributed by atoms with Crippen LogP contribution in [-0.2, 0) is 4.74 Å². The van der Waals surface area contributed by atoms with Crippen LogP contribution in [0.5, 0.6) is 5.75 Å². The maximum atomic E-state index is 6.14. The Hall–Kier alpha value is -1.06. The number of nitrogens with one attached hydrogen (secondary N) is 1. The van der Waals surface area contributed by atoms with Crippen molar-refractivity contribution in [3.63, 3.8) is 0 Å². The number of benzene rings is 1. The Morgan fingerprint density at radius 3 is 2.74 bits per heavy atom. The highest BCUT2D eigenvalue weighted by atomic mass is 16.5. The van der Waals surface area contributed by atoms with Crippen LogP contribution >= 0.6 is 0 Å². The molecule has 0 radical (unpaired) electrons. The van der Waals surface area contributed by atoms with Gasteiger partial charge in [0, 0.05) is 19.1 Å². The van der Waals surface area contributed by atoms with Crippen LogP contribution in [0.3, 0.4) is 0 Å². The normalized spacial score (nSPS) is 26.0. The van der Waals surface area contributed by atoms with Gasteiger partial charge in [-0.1, -0.05) is 19.1 Å². The molecule has 3 unspecified atom stereocenters. The molecule has 106 valence electrons. The van der Waals surface area contributed by atoms with E-state index in [-0.39, 0.29) is 12.2 Å². The summed E-state index contributed by atoms with van der Waals surface area (Å²) in [6.07, 6.45) is 1.36. The first kappa shape index (κ1) is 14.4. The summed E-state index contributed by atoms with van der Waals surface area (Å²) in [5, 5.41) is 3.45. The molecule has 1 N–H and O–H groups in total. The fraction of sp³-hybridized carbons (Fsp3) is 0.625. The lowest BCUT2D eigenvalue weighted by molar-refractivity contribution is -0.104. The number of likely N-dealkylation sites (N-methyl/N-ethyl adjacent to an activating group) is 1. The minimum atomic E-state index is 0.171. The van der Waals surface area contributed by atoms with Crippen LogP contribution in [0.4, 0.5) is 0 Å². The molecule has 0 bridgehead atoms. The summed E-state index contributed by atoms with van der Waals surface area (Å²) < 4.78 is 11.9. The molecule has 3 heteroatoms. The molecule has 0 amide bonds. The number of ether oxygens (including phenoxy) is 2. The monoisotopic (exact) mass is 263 g/mol. The van der Waals surface area contributed by atoms with Gasteiger partial charge in [0.05, 0.1) is 0 Å². The van der Waals surface area contributed by atoms with Crippen molar-refractivity contribution in [3.8, 4) is 5.75 Å². The van der Waals surface area contributed by atoms with Crippen molar-refractivity contribution in [3.05, 3.63) is 29.3 Å². The van der Waals surface area contributed by atoms with E-state index in [0.29, 0.717) is 6.04 Å². The van der Waals surface area contributed by atoms with Gasteiger partial charge >= 0.3 is 0 Å². The van der Waals surface area contributed by atoms with Gasteiger partial charge in [-0.2, -0.15) is 0 Å². The van der Waals surface area contributed by atoms with Gasteiger partial charge in [0.2, 0.25) is 0 Å². The Labute approximate surface area is 116 Å². The van der Waals surface area contributed by atoms with E-state index in [0.717, 1.165) is 25.3 Å². The van der Waals surface area contributed by atoms with Gasteiger partial charge in [0.25, 0.3) is 0 Å². The second-order valence-corrected chi connectivity index (χ2v) is 5.25. The first-order valence-electron chi connectivity index (χ1n) is 7.24. The molecule has 0 spiro atoms. The Bertz CT molecular complexity index is 419. The van der Waals surface area contributed by atoms with E-state index in [1.54, 1.807) is 0 Å². The Morgan fingerprint density at radius 2 is 2.05 bits per heavy atom. The molecule has 0 saturated heterocycles. The van der Waals surface area contributed by atoms with Crippen LogP contribution in [0, 0.1) is 13.8 Å². The third kappa shape index (κ3) is 3.28. The fourth-order valence-electron chi connectivity index (χ4n) is 2.57. The van der Waals surface area contributed by atoms with Crippen molar-refractivity contribution in [2.75, 3.05) is 13.2 Å². The highest BCUT2D eigenvalue weighted by Crippen LogP contribution is 2.31. The van der Waals surface area contributed by atoms with Crippen molar-refractivity contribution in [2.45, 2.75) is 52.4 Å². The molecule has 2 rings (SSSR count). The van der Waals surface area contributed by atoms with Gasteiger partial charge in [0.1, 0.15) is 18.0 Å². The van der Waals surface area contributed by atoms with E-state index in [4.69, 9.17) is 9.47 Å². The highest BCUT2D eigenvalue weighted by molar-refractivity contribution is 5.36. The lowest BCUT2D eigenvalue weighted by atomic mass is 9.85. The first-order valence-corrected chi connectivity index (χ1v) is 7.24. The lowest BCUT2D eigenvalue weighted by Gasteiger charge is -2.44. The zero-order valence-electron chi connectivity index (χ0n) is 12.4. The van der Waals surface area contributed by atoms with Crippen LogP contribution in [-0.4, -0.2) is 31.4 Å². The number of aryl methyl sites for hydroxylation is 2. The molecular formula is C16H25NO2. The quantitative estimate of drug-likeness (QED) is 0.856. The Morgan fingerprint density at radius 1 is 1.26 bits per heavy atom. The number of rotatable bonds is 6. The molecule has 3 nitrogen and oxygen atoms in total. The van der Waals surface area contributed by atoms with Gasteiger partial charge < -0.3 is 14.8 Å². The summed E-state index contributed by atoms with van der Waals surface area (Å²) >= 11 is 0. The third-order valence-electron chi connectivity index (χ3n) is 3.70. The van der Waals surface area contributed by atoms with Crippen LogP contribution in [0.1, 0.15) is 31.4 Å². The van der Waals surface area contributed by atoms with E-state index < -0.39 is 0 Å². The molecule has 0 aromatic heterocycles. The predicted octanol–water partition coefficient (Wildman–Crippen LogP) is 2.84. The third-order valence-corrected chi connectivity index (χ3v) is 3.70. The van der Waals surface area contributed by atoms with Crippen LogP contribution in [0.2, 0.25) is 0 Å². The number of hydrogen-bond acceptors (Lipinski definition) is 3. The molecule has 0 aliphatic heterocycles. The van der Waals surface area contributed by atoms with Gasteiger partial charge in [0.15, 0.2) is 0 Å². The lowest BCUT2D eigenvalue weighted by Crippen LogP contribution is -2.61. The SMILES string of the molecule is CCNC1CC(Oc2cc(C)ccc2C)C1OCC. The average Bonchev–Trinajstić information content (AvgIpc) is 2.38. The maximum absolute atomic E-state index is 6.14. The molecule has 1 saturated carbocycles. The van der Waals surface area contributed by atoms with Crippen LogP contribution in [0.25, 0.3) is 0 Å². The second-order valence-electron chi connectivity index (χ2n) is 5.25. The van der Waals surface area contributed by atoms with Crippen molar-refractivity contribution >= 4 is 0 Å². The zero-order chi connectivity index (χ0) is 13.8. The zero-order valence-corrected chi connectivity index (χ0v) is 12.4. The molecule has 1 aromatic carbocycles. The summed E-state index contributed by atoms with van der Waals surface area (Å²) in [4.78, 5) is 0. The molecule has 1 aliphatic rings. The Balaban J connectivity index is 2.00. The summed E-state index contributed by atoms with van der Waals surface area (Å²) in [5.74, 6) is 0.990. The molecular weight excluding hydrogens is 238 g/mol. The van der Waals surface area contributed by atoms with Crippen LogP contribution in [0.15, 0.2) is 18.2 Å². The van der Waals surface area contributed by atoms with E-state index in [1.165, 1.54) is 11.1 Å². The van der Waals surface area contributed by atoms with Crippen LogP contribution < -0.4 is 10.1 Å². The summed E-state index contributed by atoms with van der Waals surface area (Å²) in [7, 11) is 0. The minimum absolute atomic E-state index is 0.171. The summed E-state index contributed by atoms with van der Waals surface area (Å²) in [5.41, 5.74) is 2.42. The smallest absolute Gasteiger partial charge is 0.128 e. The Kier molecular flexibility index (Phi) is 4.83. The fourth-order valence-corrected chi connectivity index (χ4v) is 2.57. The maximum Gasteiger partial charge on any atom is 0.128 e. The largest absolute Gasteiger partial charge is 0.487 e. The molecule has 1 aliphatic carbocycles. The molecule has 1 aromatic rings. The molecule has 3 atom stereocenters. The highest BCUT2D eigenvalue weighted by Gasteiger charge is 2.43. The number of hydrogen-bond donors (Lipinski definition) is 1. The van der Waals surface area contributed by atoms with Gasteiger partial charge in [-0.05, 0) is 44.5 Å². The summed E-state index contributed by atoms with van der Waals surface area (Å²) in [6.45, 7) is 10.1. The van der Waals surface area contributed by atoms with E-state index in [2.05, 4.69) is 44.3 Å². The second kappa shape index (κ2) is 6.40. The predicted molar refractivity (Wildman–Crippen MR) is 77.8 cm³/mol. The first-order chi connectivity index (χ1) is 9.15. The average molecular weight is 263 g/mol. The molecule has 1 fully saturated rings. The van der Waals surface area contributed by atoms with Crippen molar-refractivity contribution in [2.24, 2.45) is 0 Å². The van der Waals surface area contributed by atoms with E-state index >= 15 is 0 Å². The standard InChI is InChI=1S/C16H25NO2/c1-5-17-13-10-15(16(13)18-6-2)19-14-9-11(3)7-8-12(14)4/h7-9,13,15-17H,5-6,10H2,1-4H3. The summed E-state index contributed by atoms with van der Waals surface area (Å²) in [6, 6.07) is 6.77.